The molecule has 1 saturated heterocycles. The minimum Gasteiger partial charge on any atom is -0.508 e. The van der Waals surface area contributed by atoms with Gasteiger partial charge in [0.15, 0.2) is 23.1 Å². The van der Waals surface area contributed by atoms with Crippen LogP contribution in [0.1, 0.15) is 29.9 Å². The van der Waals surface area contributed by atoms with Crippen LogP contribution in [0.4, 0.5) is 0 Å². The summed E-state index contributed by atoms with van der Waals surface area (Å²) in [5, 5.41) is 20.2. The minimum absolute atomic E-state index is 0.123. The van der Waals surface area contributed by atoms with Crippen LogP contribution in [0, 0.1) is 17.8 Å². The van der Waals surface area contributed by atoms with E-state index in [0.29, 0.717) is 38.5 Å². The summed E-state index contributed by atoms with van der Waals surface area (Å²) in [6.45, 7) is 0.203. The van der Waals surface area contributed by atoms with E-state index in [1.165, 1.54) is 18.1 Å². The lowest BCUT2D eigenvalue weighted by Gasteiger charge is -2.42. The van der Waals surface area contributed by atoms with Crippen LogP contribution in [0.5, 0.6) is 17.2 Å². The minimum atomic E-state index is -0.706. The number of phenols is 2. The summed E-state index contributed by atoms with van der Waals surface area (Å²) in [6.07, 6.45) is 4.14. The van der Waals surface area contributed by atoms with E-state index in [0.717, 1.165) is 11.1 Å². The van der Waals surface area contributed by atoms with Crippen molar-refractivity contribution in [3.05, 3.63) is 83.8 Å². The summed E-state index contributed by atoms with van der Waals surface area (Å²) in [5.41, 5.74) is 2.91. The molecule has 0 saturated carbocycles. The number of ketones is 2. The van der Waals surface area contributed by atoms with Crippen molar-refractivity contribution in [3.63, 3.8) is 0 Å². The van der Waals surface area contributed by atoms with Gasteiger partial charge in [0, 0.05) is 34.2 Å². The summed E-state index contributed by atoms with van der Waals surface area (Å²) in [5.74, 6) is -3.40. The van der Waals surface area contributed by atoms with Gasteiger partial charge in [0.1, 0.15) is 5.75 Å². The first-order valence-electron chi connectivity index (χ1n) is 13.3. The molecule has 4 aliphatic rings. The number of phenolic OH excluding ortho intramolecular Hbond substituents is 2. The van der Waals surface area contributed by atoms with Crippen molar-refractivity contribution in [2.45, 2.75) is 25.2 Å². The Kier molecular flexibility index (Phi) is 7.55. The Morgan fingerprint density at radius 3 is 2.38 bits per heavy atom. The number of nitrogens with zero attached hydrogens (tertiary/aromatic N) is 1. The molecule has 3 aliphatic carbocycles. The molecule has 1 fully saturated rings. The summed E-state index contributed by atoms with van der Waals surface area (Å²) >= 11 is 10.2. The number of carbonyl (C=O) groups is 4. The monoisotopic (exact) mass is 759 g/mol. The van der Waals surface area contributed by atoms with E-state index >= 15 is 0 Å². The second-order valence-corrected chi connectivity index (χ2v) is 13.2. The van der Waals surface area contributed by atoms with Gasteiger partial charge in [-0.15, -0.1) is 0 Å². The number of fused-ring (bicyclic) bond motifs is 3. The Hall–Kier alpha value is -3.02. The quantitative estimate of drug-likeness (QED) is 0.230. The zero-order valence-corrected chi connectivity index (χ0v) is 27.0. The molecule has 1 heterocycles. The number of carbonyl (C=O) groups excluding carboxylic acids is 4. The van der Waals surface area contributed by atoms with Gasteiger partial charge in [-0.3, -0.25) is 24.1 Å². The molecule has 4 unspecified atom stereocenters. The van der Waals surface area contributed by atoms with E-state index in [2.05, 4.69) is 47.8 Å². The lowest BCUT2D eigenvalue weighted by molar-refractivity contribution is -0.140. The average Bonchev–Trinajstić information content (AvgIpc) is 3.22. The third-order valence-electron chi connectivity index (χ3n) is 8.69. The number of likely N-dealkylation sites (tertiary alicyclic amines) is 1. The molecule has 6 rings (SSSR count). The van der Waals surface area contributed by atoms with Crippen LogP contribution in [0.25, 0.3) is 0 Å². The summed E-state index contributed by atoms with van der Waals surface area (Å²) in [7, 11) is 1.42. The fourth-order valence-corrected chi connectivity index (χ4v) is 8.13. The van der Waals surface area contributed by atoms with Gasteiger partial charge >= 0.3 is 0 Å². The molecule has 4 atom stereocenters. The second kappa shape index (κ2) is 10.9. The molecule has 0 spiro atoms. The number of hydrogen-bond acceptors (Lipinski definition) is 7. The Bertz CT molecular complexity index is 1670. The smallest absolute Gasteiger partial charge is 0.233 e. The van der Waals surface area contributed by atoms with Gasteiger partial charge < -0.3 is 14.9 Å². The van der Waals surface area contributed by atoms with E-state index in [1.807, 2.05) is 6.08 Å². The number of amides is 2. The summed E-state index contributed by atoms with van der Waals surface area (Å²) in [6, 6.07) is 8.27. The van der Waals surface area contributed by atoms with E-state index < -0.39 is 23.7 Å². The van der Waals surface area contributed by atoms with Gasteiger partial charge in [0.25, 0.3) is 0 Å². The SMILES string of the molecule is COc1cc(C2C3=CCC4C(=O)N(CCc5ccc(O)cc5)C(=O)C4C3CC3=C2C(=O)C=C(Br)C3=O)c(Br)c(Br)c1O. The molecule has 1 aliphatic heterocycles. The van der Waals surface area contributed by atoms with Crippen LogP contribution in [0.2, 0.25) is 0 Å². The van der Waals surface area contributed by atoms with Crippen LogP contribution < -0.4 is 4.74 Å². The lowest BCUT2D eigenvalue weighted by Crippen LogP contribution is -2.40. The van der Waals surface area contributed by atoms with E-state index in [1.54, 1.807) is 30.3 Å². The van der Waals surface area contributed by atoms with Crippen molar-refractivity contribution in [2.75, 3.05) is 13.7 Å². The standard InChI is InChI=1S/C31H24Br3NO7/c1-42-22-11-18(26(33)27(34)29(22)39)23-15-6-7-16-24(17(15)10-19-25(23)21(37)12-20(32)28(19)38)31(41)35(30(16)40)9-8-13-2-4-14(36)5-3-13/h2-6,11-12,16-17,23-24,36,39H,7-10H2,1H3. The van der Waals surface area contributed by atoms with Crippen LogP contribution in [0.15, 0.2) is 72.6 Å². The number of halogens is 3. The average molecular weight is 762 g/mol. The molecule has 8 nitrogen and oxygen atoms in total. The molecule has 0 bridgehead atoms. The van der Waals surface area contributed by atoms with Crippen LogP contribution in [-0.4, -0.2) is 52.1 Å². The topological polar surface area (TPSA) is 121 Å². The second-order valence-electron chi connectivity index (χ2n) is 10.8. The maximum Gasteiger partial charge on any atom is 0.233 e. The summed E-state index contributed by atoms with van der Waals surface area (Å²) in [4.78, 5) is 55.8. The van der Waals surface area contributed by atoms with E-state index in [9.17, 15) is 29.4 Å². The van der Waals surface area contributed by atoms with Crippen molar-refractivity contribution in [2.24, 2.45) is 17.8 Å². The van der Waals surface area contributed by atoms with Gasteiger partial charge in [0.2, 0.25) is 11.8 Å². The number of hydrogen-bond donors (Lipinski definition) is 2. The number of ether oxygens (including phenoxy) is 1. The highest BCUT2D eigenvalue weighted by atomic mass is 79.9. The molecule has 11 heteroatoms. The normalized spacial score (nSPS) is 25.2. The highest BCUT2D eigenvalue weighted by molar-refractivity contribution is 9.13. The Morgan fingerprint density at radius 2 is 1.69 bits per heavy atom. The van der Waals surface area contributed by atoms with Crippen molar-refractivity contribution < 1.29 is 34.1 Å². The van der Waals surface area contributed by atoms with Gasteiger partial charge in [-0.1, -0.05) is 23.8 Å². The summed E-state index contributed by atoms with van der Waals surface area (Å²) < 4.78 is 6.37. The van der Waals surface area contributed by atoms with Crippen LogP contribution in [-0.2, 0) is 25.6 Å². The Balaban J connectivity index is 1.43. The van der Waals surface area contributed by atoms with Gasteiger partial charge in [-0.25, -0.2) is 0 Å². The van der Waals surface area contributed by atoms with Crippen molar-refractivity contribution in [3.8, 4) is 17.2 Å². The fourth-order valence-electron chi connectivity index (χ4n) is 6.73. The van der Waals surface area contributed by atoms with Crippen molar-refractivity contribution >= 4 is 71.2 Å². The number of allylic oxidation sites excluding steroid dienone is 6. The number of Topliss-reactive ketones (excluding diaryl/α,β-unsaturated/α-hetero) is 1. The number of aromatic hydroxyl groups is 2. The Morgan fingerprint density at radius 1 is 0.976 bits per heavy atom. The molecule has 216 valence electrons. The molecule has 2 N–H and O–H groups in total. The molecule has 0 radical (unpaired) electrons. The molecule has 42 heavy (non-hydrogen) atoms. The predicted octanol–water partition coefficient (Wildman–Crippen LogP) is 5.64. The first-order valence-corrected chi connectivity index (χ1v) is 15.7. The third-order valence-corrected chi connectivity index (χ3v) is 11.4. The van der Waals surface area contributed by atoms with Crippen LogP contribution in [0.3, 0.4) is 0 Å². The molecular formula is C31H24Br3NO7. The molecular weight excluding hydrogens is 738 g/mol. The third kappa shape index (κ3) is 4.51. The van der Waals surface area contributed by atoms with Gasteiger partial charge in [0.05, 0.1) is 27.9 Å². The zero-order valence-electron chi connectivity index (χ0n) is 22.2. The first-order chi connectivity index (χ1) is 20.0. The molecule has 2 aromatic carbocycles. The van der Waals surface area contributed by atoms with Crippen molar-refractivity contribution in [1.29, 1.82) is 0 Å². The van der Waals surface area contributed by atoms with Crippen molar-refractivity contribution in [1.82, 2.24) is 4.90 Å². The Labute approximate surface area is 266 Å². The van der Waals surface area contributed by atoms with Crippen LogP contribution >= 0.6 is 47.8 Å². The predicted molar refractivity (Wildman–Crippen MR) is 163 cm³/mol. The van der Waals surface area contributed by atoms with E-state index in [-0.39, 0.29) is 58.1 Å². The number of imide groups is 1. The zero-order chi connectivity index (χ0) is 30.0. The number of benzene rings is 2. The maximum atomic E-state index is 13.9. The highest BCUT2D eigenvalue weighted by Crippen LogP contribution is 2.57. The lowest BCUT2D eigenvalue weighted by atomic mass is 9.59. The number of methoxy groups -OCH3 is 1. The molecule has 0 aromatic heterocycles. The number of rotatable bonds is 5. The fraction of sp³-hybridized carbons (Fsp3) is 0.290. The largest absolute Gasteiger partial charge is 0.508 e. The first kappa shape index (κ1) is 29.1. The molecule has 2 aromatic rings. The highest BCUT2D eigenvalue weighted by Gasteiger charge is 2.56. The van der Waals surface area contributed by atoms with Gasteiger partial charge in [-0.2, -0.15) is 0 Å². The maximum absolute atomic E-state index is 13.9. The molecule has 2 amide bonds. The van der Waals surface area contributed by atoms with E-state index in [4.69, 9.17) is 4.74 Å². The van der Waals surface area contributed by atoms with Gasteiger partial charge in [-0.05, 0) is 102 Å².